The molecule has 0 saturated carbocycles. The van der Waals surface area contributed by atoms with Crippen LogP contribution < -0.4 is 10.6 Å². The minimum absolute atomic E-state index is 0.145. The van der Waals surface area contributed by atoms with Crippen molar-refractivity contribution in [3.8, 4) is 0 Å². The maximum atomic E-state index is 13.9. The third kappa shape index (κ3) is 3.40. The third-order valence-electron chi connectivity index (χ3n) is 4.38. The molecule has 1 aliphatic rings. The molecule has 0 saturated heterocycles. The highest BCUT2D eigenvalue weighted by Crippen LogP contribution is 2.23. The Balaban J connectivity index is 1.75. The van der Waals surface area contributed by atoms with Crippen LogP contribution >= 0.6 is 0 Å². The number of fused-ring (bicyclic) bond motifs is 1. The summed E-state index contributed by atoms with van der Waals surface area (Å²) in [5.74, 6) is -1.87. The van der Waals surface area contributed by atoms with Crippen LogP contribution in [0.4, 0.5) is 10.1 Å². The summed E-state index contributed by atoms with van der Waals surface area (Å²) < 4.78 is 13.9. The summed E-state index contributed by atoms with van der Waals surface area (Å²) in [5.41, 5.74) is 2.56. The van der Waals surface area contributed by atoms with Crippen LogP contribution in [0, 0.1) is 5.82 Å². The molecular formula is C22H16FN3O2. The van der Waals surface area contributed by atoms with Gasteiger partial charge in [0, 0.05) is 11.1 Å². The first-order valence-corrected chi connectivity index (χ1v) is 8.72. The second-order valence-electron chi connectivity index (χ2n) is 6.23. The minimum atomic E-state index is -1.20. The molecule has 2 amide bonds. The van der Waals surface area contributed by atoms with E-state index < -0.39 is 23.8 Å². The van der Waals surface area contributed by atoms with Crippen LogP contribution in [0.3, 0.4) is 0 Å². The van der Waals surface area contributed by atoms with Crippen LogP contribution in [-0.2, 0) is 4.79 Å². The van der Waals surface area contributed by atoms with Crippen LogP contribution in [0.25, 0.3) is 0 Å². The van der Waals surface area contributed by atoms with Crippen LogP contribution in [0.5, 0.6) is 0 Å². The zero-order valence-corrected chi connectivity index (χ0v) is 14.7. The maximum absolute atomic E-state index is 13.9. The molecule has 0 radical (unpaired) electrons. The number of benzene rings is 3. The van der Waals surface area contributed by atoms with Gasteiger partial charge in [0.25, 0.3) is 11.8 Å². The summed E-state index contributed by atoms with van der Waals surface area (Å²) >= 11 is 0. The largest absolute Gasteiger partial charge is 0.322 e. The zero-order chi connectivity index (χ0) is 19.5. The van der Waals surface area contributed by atoms with Gasteiger partial charge in [0.1, 0.15) is 5.82 Å². The molecule has 1 aliphatic heterocycles. The Morgan fingerprint density at radius 2 is 1.61 bits per heavy atom. The average molecular weight is 373 g/mol. The number of carbonyl (C=O) groups excluding carboxylic acids is 2. The smallest absolute Gasteiger partial charge is 0.269 e. The SMILES string of the molecule is O=C(NC1N=C(c2ccccc2)c2ccccc2NC1=O)c1ccccc1F. The minimum Gasteiger partial charge on any atom is -0.322 e. The zero-order valence-electron chi connectivity index (χ0n) is 14.7. The second-order valence-corrected chi connectivity index (χ2v) is 6.23. The summed E-state index contributed by atoms with van der Waals surface area (Å²) in [5, 5.41) is 5.30. The standard InChI is InChI=1S/C22H16FN3O2/c23-17-12-6-4-10-15(17)21(27)26-20-22(28)24-18-13-7-5-11-16(18)19(25-20)14-8-2-1-3-9-14/h1-13,20H,(H,24,28)(H,26,27). The van der Waals surface area contributed by atoms with E-state index in [1.54, 1.807) is 18.2 Å². The molecule has 0 aromatic heterocycles. The fourth-order valence-electron chi connectivity index (χ4n) is 3.03. The fraction of sp³-hybridized carbons (Fsp3) is 0.0455. The number of hydrogen-bond acceptors (Lipinski definition) is 3. The number of halogens is 1. The Kier molecular flexibility index (Phi) is 4.68. The lowest BCUT2D eigenvalue weighted by atomic mass is 10.0. The van der Waals surface area contributed by atoms with Gasteiger partial charge in [-0.25, -0.2) is 9.38 Å². The van der Waals surface area contributed by atoms with Crippen LogP contribution in [-0.4, -0.2) is 23.7 Å². The molecule has 28 heavy (non-hydrogen) atoms. The summed E-state index contributed by atoms with van der Waals surface area (Å²) in [4.78, 5) is 29.7. The molecule has 1 unspecified atom stereocenters. The van der Waals surface area contributed by atoms with E-state index in [4.69, 9.17) is 0 Å². The number of aliphatic imine (C=N–C) groups is 1. The van der Waals surface area contributed by atoms with Gasteiger partial charge in [-0.2, -0.15) is 0 Å². The van der Waals surface area contributed by atoms with E-state index in [0.717, 1.165) is 11.1 Å². The van der Waals surface area contributed by atoms with Crippen molar-refractivity contribution in [1.29, 1.82) is 0 Å². The first kappa shape index (κ1) is 17.6. The maximum Gasteiger partial charge on any atom is 0.269 e. The highest BCUT2D eigenvalue weighted by Gasteiger charge is 2.27. The van der Waals surface area contributed by atoms with Crippen molar-refractivity contribution in [2.24, 2.45) is 4.99 Å². The van der Waals surface area contributed by atoms with Crippen LogP contribution in [0.2, 0.25) is 0 Å². The molecule has 5 nitrogen and oxygen atoms in total. The molecule has 0 spiro atoms. The van der Waals surface area contributed by atoms with E-state index in [9.17, 15) is 14.0 Å². The normalized spacial score (nSPS) is 15.7. The van der Waals surface area contributed by atoms with E-state index in [1.165, 1.54) is 18.2 Å². The molecule has 0 bridgehead atoms. The molecule has 2 N–H and O–H groups in total. The number of hydrogen-bond donors (Lipinski definition) is 2. The monoisotopic (exact) mass is 373 g/mol. The molecular weight excluding hydrogens is 357 g/mol. The number of carbonyl (C=O) groups is 2. The molecule has 4 rings (SSSR count). The molecule has 6 heteroatoms. The second kappa shape index (κ2) is 7.44. The summed E-state index contributed by atoms with van der Waals surface area (Å²) in [6.45, 7) is 0. The predicted molar refractivity (Wildman–Crippen MR) is 105 cm³/mol. The number of amides is 2. The summed E-state index contributed by atoms with van der Waals surface area (Å²) in [6, 6.07) is 22.2. The van der Waals surface area contributed by atoms with Crippen molar-refractivity contribution in [2.75, 3.05) is 5.32 Å². The third-order valence-corrected chi connectivity index (χ3v) is 4.38. The lowest BCUT2D eigenvalue weighted by Gasteiger charge is -2.13. The van der Waals surface area contributed by atoms with Crippen molar-refractivity contribution in [2.45, 2.75) is 6.17 Å². The van der Waals surface area contributed by atoms with Gasteiger partial charge in [-0.3, -0.25) is 9.59 Å². The van der Waals surface area contributed by atoms with Crippen LogP contribution in [0.15, 0.2) is 83.9 Å². The van der Waals surface area contributed by atoms with Gasteiger partial charge in [-0.15, -0.1) is 0 Å². The average Bonchev–Trinajstić information content (AvgIpc) is 2.85. The van der Waals surface area contributed by atoms with Gasteiger partial charge in [-0.05, 0) is 18.2 Å². The predicted octanol–water partition coefficient (Wildman–Crippen LogP) is 3.37. The first-order valence-electron chi connectivity index (χ1n) is 8.72. The number of nitrogens with one attached hydrogen (secondary N) is 2. The Morgan fingerprint density at radius 3 is 2.39 bits per heavy atom. The van der Waals surface area contributed by atoms with E-state index in [-0.39, 0.29) is 5.56 Å². The van der Waals surface area contributed by atoms with E-state index in [1.807, 2.05) is 42.5 Å². The molecule has 138 valence electrons. The molecule has 0 fully saturated rings. The lowest BCUT2D eigenvalue weighted by Crippen LogP contribution is -2.42. The van der Waals surface area contributed by atoms with Gasteiger partial charge in [0.15, 0.2) is 0 Å². The van der Waals surface area contributed by atoms with Crippen molar-refractivity contribution < 1.29 is 14.0 Å². The van der Waals surface area contributed by atoms with Crippen molar-refractivity contribution in [3.05, 3.63) is 101 Å². The topological polar surface area (TPSA) is 70.6 Å². The highest BCUT2D eigenvalue weighted by molar-refractivity contribution is 6.20. The Bertz CT molecular complexity index is 1080. The quantitative estimate of drug-likeness (QED) is 0.739. The molecule has 0 aliphatic carbocycles. The van der Waals surface area contributed by atoms with E-state index >= 15 is 0 Å². The van der Waals surface area contributed by atoms with Gasteiger partial charge < -0.3 is 10.6 Å². The Hall–Kier alpha value is -3.80. The van der Waals surface area contributed by atoms with Gasteiger partial charge in [-0.1, -0.05) is 60.7 Å². The first-order chi connectivity index (χ1) is 13.6. The highest BCUT2D eigenvalue weighted by atomic mass is 19.1. The summed E-state index contributed by atoms with van der Waals surface area (Å²) in [6.07, 6.45) is -1.20. The van der Waals surface area contributed by atoms with Crippen LogP contribution in [0.1, 0.15) is 21.5 Å². The number of nitrogens with zero attached hydrogens (tertiary/aromatic N) is 1. The van der Waals surface area contributed by atoms with Gasteiger partial charge in [0.2, 0.25) is 6.17 Å². The fourth-order valence-corrected chi connectivity index (χ4v) is 3.03. The number of anilines is 1. The molecule has 1 heterocycles. The van der Waals surface area contributed by atoms with Gasteiger partial charge in [0.05, 0.1) is 17.0 Å². The lowest BCUT2D eigenvalue weighted by molar-refractivity contribution is -0.117. The molecule has 1 atom stereocenters. The molecule has 3 aromatic rings. The van der Waals surface area contributed by atoms with Gasteiger partial charge >= 0.3 is 0 Å². The number of rotatable bonds is 3. The Morgan fingerprint density at radius 1 is 0.929 bits per heavy atom. The van der Waals surface area contributed by atoms with E-state index in [0.29, 0.717) is 11.4 Å². The van der Waals surface area contributed by atoms with Crippen molar-refractivity contribution in [3.63, 3.8) is 0 Å². The van der Waals surface area contributed by atoms with E-state index in [2.05, 4.69) is 15.6 Å². The van der Waals surface area contributed by atoms with Crippen molar-refractivity contribution >= 4 is 23.2 Å². The molecule has 3 aromatic carbocycles. The number of para-hydroxylation sites is 1. The number of benzodiazepines with no additional fused rings is 1. The Labute approximate surface area is 160 Å². The summed E-state index contributed by atoms with van der Waals surface area (Å²) in [7, 11) is 0. The van der Waals surface area contributed by atoms with Crippen molar-refractivity contribution in [1.82, 2.24) is 5.32 Å².